The van der Waals surface area contributed by atoms with Crippen LogP contribution in [0.4, 0.5) is 0 Å². The van der Waals surface area contributed by atoms with Crippen LogP contribution in [0.3, 0.4) is 0 Å². The van der Waals surface area contributed by atoms with Gasteiger partial charge in [0, 0.05) is 15.6 Å². The van der Waals surface area contributed by atoms with Gasteiger partial charge in [-0.3, -0.25) is 4.79 Å². The molecule has 19 heavy (non-hydrogen) atoms. The largest absolute Gasteiger partial charge is 0.494 e. The zero-order valence-electron chi connectivity index (χ0n) is 10.9. The second kappa shape index (κ2) is 6.02. The Labute approximate surface area is 121 Å². The number of carbonyl (C=O) groups is 1. The molecule has 0 fully saturated rings. The monoisotopic (exact) mass is 318 g/mol. The Kier molecular flexibility index (Phi) is 4.38. The summed E-state index contributed by atoms with van der Waals surface area (Å²) in [6.45, 7) is 4.45. The van der Waals surface area contributed by atoms with Crippen LogP contribution in [0.2, 0.25) is 0 Å². The third-order valence-electron chi connectivity index (χ3n) is 2.84. The number of aryl methyl sites for hydroxylation is 1. The maximum atomic E-state index is 12.5. The summed E-state index contributed by atoms with van der Waals surface area (Å²) in [6, 6.07) is 13.0. The summed E-state index contributed by atoms with van der Waals surface area (Å²) in [5.41, 5.74) is 2.33. The molecule has 0 amide bonds. The van der Waals surface area contributed by atoms with Crippen LogP contribution in [0, 0.1) is 6.92 Å². The van der Waals surface area contributed by atoms with E-state index in [1.807, 2.05) is 50.2 Å². The molecule has 0 heterocycles. The Hall–Kier alpha value is -1.61. The average Bonchev–Trinajstić information content (AvgIpc) is 2.39. The van der Waals surface area contributed by atoms with Crippen molar-refractivity contribution in [2.24, 2.45) is 0 Å². The molecule has 2 aromatic carbocycles. The van der Waals surface area contributed by atoms with E-state index in [-0.39, 0.29) is 5.78 Å². The minimum Gasteiger partial charge on any atom is -0.494 e. The molecule has 0 saturated heterocycles. The Morgan fingerprint density at radius 1 is 1.21 bits per heavy atom. The van der Waals surface area contributed by atoms with Gasteiger partial charge >= 0.3 is 0 Å². The highest BCUT2D eigenvalue weighted by Crippen LogP contribution is 2.21. The first kappa shape index (κ1) is 13.8. The van der Waals surface area contributed by atoms with E-state index < -0.39 is 0 Å². The molecular weight excluding hydrogens is 304 g/mol. The van der Waals surface area contributed by atoms with Crippen molar-refractivity contribution in [1.29, 1.82) is 0 Å². The zero-order chi connectivity index (χ0) is 13.8. The van der Waals surface area contributed by atoms with E-state index in [1.165, 1.54) is 0 Å². The molecule has 98 valence electrons. The fraction of sp³-hybridized carbons (Fsp3) is 0.188. The predicted molar refractivity (Wildman–Crippen MR) is 79.9 cm³/mol. The van der Waals surface area contributed by atoms with Gasteiger partial charge in [-0.15, -0.1) is 0 Å². The molecule has 0 atom stereocenters. The van der Waals surface area contributed by atoms with Crippen molar-refractivity contribution < 1.29 is 9.53 Å². The third-order valence-corrected chi connectivity index (χ3v) is 3.33. The van der Waals surface area contributed by atoms with E-state index >= 15 is 0 Å². The summed E-state index contributed by atoms with van der Waals surface area (Å²) in [4.78, 5) is 12.5. The van der Waals surface area contributed by atoms with Crippen molar-refractivity contribution in [3.8, 4) is 5.75 Å². The summed E-state index contributed by atoms with van der Waals surface area (Å²) in [7, 11) is 0. The summed E-state index contributed by atoms with van der Waals surface area (Å²) >= 11 is 3.40. The molecule has 3 heteroatoms. The lowest BCUT2D eigenvalue weighted by atomic mass is 9.99. The van der Waals surface area contributed by atoms with E-state index in [4.69, 9.17) is 4.74 Å². The van der Waals surface area contributed by atoms with Crippen LogP contribution in [0.1, 0.15) is 28.4 Å². The molecule has 2 aromatic rings. The first-order valence-corrected chi connectivity index (χ1v) is 6.95. The van der Waals surface area contributed by atoms with Gasteiger partial charge in [0.15, 0.2) is 5.78 Å². The summed E-state index contributed by atoms with van der Waals surface area (Å²) in [5.74, 6) is 0.745. The van der Waals surface area contributed by atoms with Gasteiger partial charge in [0.2, 0.25) is 0 Å². The average molecular weight is 319 g/mol. The second-order valence-electron chi connectivity index (χ2n) is 4.25. The number of ether oxygens (including phenoxy) is 1. The molecule has 0 spiro atoms. The molecule has 0 N–H and O–H groups in total. The van der Waals surface area contributed by atoms with Crippen LogP contribution >= 0.6 is 15.9 Å². The smallest absolute Gasteiger partial charge is 0.193 e. The van der Waals surface area contributed by atoms with Crippen molar-refractivity contribution in [3.05, 3.63) is 63.6 Å². The number of hydrogen-bond acceptors (Lipinski definition) is 2. The molecule has 2 nitrogen and oxygen atoms in total. The minimum atomic E-state index is 0.0200. The van der Waals surface area contributed by atoms with Crippen molar-refractivity contribution in [2.45, 2.75) is 13.8 Å². The fourth-order valence-electron chi connectivity index (χ4n) is 1.93. The molecule has 0 bridgehead atoms. The van der Waals surface area contributed by atoms with Gasteiger partial charge in [0.1, 0.15) is 5.75 Å². The molecule has 0 unspecified atom stereocenters. The quantitative estimate of drug-likeness (QED) is 0.782. The van der Waals surface area contributed by atoms with Crippen LogP contribution in [0.15, 0.2) is 46.9 Å². The highest BCUT2D eigenvalue weighted by molar-refractivity contribution is 9.10. The molecular formula is C16H15BrO2. The molecule has 0 saturated carbocycles. The Balaban J connectivity index is 2.35. The van der Waals surface area contributed by atoms with Crippen LogP contribution < -0.4 is 4.74 Å². The predicted octanol–water partition coefficient (Wildman–Crippen LogP) is 4.39. The van der Waals surface area contributed by atoms with E-state index in [2.05, 4.69) is 15.9 Å². The highest BCUT2D eigenvalue weighted by Gasteiger charge is 2.12. The van der Waals surface area contributed by atoms with Crippen molar-refractivity contribution >= 4 is 21.7 Å². The van der Waals surface area contributed by atoms with E-state index in [0.29, 0.717) is 12.2 Å². The maximum absolute atomic E-state index is 12.5. The van der Waals surface area contributed by atoms with Gasteiger partial charge in [0.05, 0.1) is 6.61 Å². The molecule has 0 aliphatic rings. The van der Waals surface area contributed by atoms with Crippen LogP contribution in [0.5, 0.6) is 5.75 Å². The lowest BCUT2D eigenvalue weighted by molar-refractivity contribution is 0.103. The number of rotatable bonds is 4. The number of ketones is 1. The van der Waals surface area contributed by atoms with Gasteiger partial charge in [0.25, 0.3) is 0 Å². The van der Waals surface area contributed by atoms with Crippen LogP contribution in [-0.4, -0.2) is 12.4 Å². The number of carbonyl (C=O) groups excluding carboxylic acids is 1. The molecule has 2 rings (SSSR count). The van der Waals surface area contributed by atoms with Gasteiger partial charge in [-0.2, -0.15) is 0 Å². The van der Waals surface area contributed by atoms with Crippen molar-refractivity contribution in [2.75, 3.05) is 6.61 Å². The second-order valence-corrected chi connectivity index (χ2v) is 5.16. The molecule has 0 aromatic heterocycles. The number of hydrogen-bond donors (Lipinski definition) is 0. The number of halogens is 1. The summed E-state index contributed by atoms with van der Waals surface area (Å²) < 4.78 is 6.40. The standard InChI is InChI=1S/C16H15BrO2/c1-3-19-14-6-4-5-12(10-14)16(18)15-8-7-13(17)9-11(15)2/h4-10H,3H2,1-2H3. The maximum Gasteiger partial charge on any atom is 0.193 e. The number of benzene rings is 2. The first-order chi connectivity index (χ1) is 9.11. The Morgan fingerprint density at radius 3 is 2.68 bits per heavy atom. The molecule has 0 aliphatic carbocycles. The summed E-state index contributed by atoms with van der Waals surface area (Å²) in [5, 5.41) is 0. The van der Waals surface area contributed by atoms with Gasteiger partial charge in [-0.05, 0) is 49.7 Å². The summed E-state index contributed by atoms with van der Waals surface area (Å²) in [6.07, 6.45) is 0. The van der Waals surface area contributed by atoms with E-state index in [1.54, 1.807) is 6.07 Å². The van der Waals surface area contributed by atoms with E-state index in [0.717, 1.165) is 21.3 Å². The minimum absolute atomic E-state index is 0.0200. The fourth-order valence-corrected chi connectivity index (χ4v) is 2.41. The van der Waals surface area contributed by atoms with Gasteiger partial charge in [-0.25, -0.2) is 0 Å². The highest BCUT2D eigenvalue weighted by atomic mass is 79.9. The zero-order valence-corrected chi connectivity index (χ0v) is 12.5. The first-order valence-electron chi connectivity index (χ1n) is 6.15. The lowest BCUT2D eigenvalue weighted by Crippen LogP contribution is -2.04. The Morgan fingerprint density at radius 2 is 2.00 bits per heavy atom. The van der Waals surface area contributed by atoms with Gasteiger partial charge < -0.3 is 4.74 Å². The normalized spacial score (nSPS) is 10.3. The molecule has 0 radical (unpaired) electrons. The van der Waals surface area contributed by atoms with Crippen molar-refractivity contribution in [3.63, 3.8) is 0 Å². The molecule has 0 aliphatic heterocycles. The van der Waals surface area contributed by atoms with Gasteiger partial charge in [-0.1, -0.05) is 28.1 Å². The topological polar surface area (TPSA) is 26.3 Å². The van der Waals surface area contributed by atoms with Crippen LogP contribution in [-0.2, 0) is 0 Å². The lowest BCUT2D eigenvalue weighted by Gasteiger charge is -2.08. The Bertz CT molecular complexity index is 605. The van der Waals surface area contributed by atoms with Crippen LogP contribution in [0.25, 0.3) is 0 Å². The van der Waals surface area contributed by atoms with Crippen molar-refractivity contribution in [1.82, 2.24) is 0 Å². The SMILES string of the molecule is CCOc1cccc(C(=O)c2ccc(Br)cc2C)c1. The third kappa shape index (κ3) is 3.24. The van der Waals surface area contributed by atoms with E-state index in [9.17, 15) is 4.79 Å².